The monoisotopic (exact) mass is 339 g/mol. The molecular formula is C16H21NO7. The minimum absolute atomic E-state index is 0.0627. The number of methoxy groups -OCH3 is 3. The lowest BCUT2D eigenvalue weighted by Gasteiger charge is -2.34. The van der Waals surface area contributed by atoms with Crippen molar-refractivity contribution >= 4 is 11.9 Å². The van der Waals surface area contributed by atoms with E-state index in [0.29, 0.717) is 5.75 Å². The van der Waals surface area contributed by atoms with E-state index in [1.165, 1.54) is 26.2 Å². The highest BCUT2D eigenvalue weighted by Gasteiger charge is 2.36. The van der Waals surface area contributed by atoms with Crippen LogP contribution in [0.15, 0.2) is 12.1 Å². The van der Waals surface area contributed by atoms with Gasteiger partial charge in [-0.1, -0.05) is 0 Å². The smallest absolute Gasteiger partial charge is 0.310 e. The van der Waals surface area contributed by atoms with Crippen molar-refractivity contribution in [1.29, 1.82) is 0 Å². The second-order valence-corrected chi connectivity index (χ2v) is 5.43. The normalized spacial score (nSPS) is 20.4. The first kappa shape index (κ1) is 17.9. The summed E-state index contributed by atoms with van der Waals surface area (Å²) in [6, 6.07) is 3.13. The number of amides is 1. The highest BCUT2D eigenvalue weighted by atomic mass is 16.5. The van der Waals surface area contributed by atoms with E-state index in [4.69, 9.17) is 14.2 Å². The molecule has 2 atom stereocenters. The van der Waals surface area contributed by atoms with Gasteiger partial charge in [0.1, 0.15) is 5.92 Å². The molecule has 1 aromatic rings. The molecule has 1 heterocycles. The first-order valence-electron chi connectivity index (χ1n) is 7.43. The zero-order valence-electron chi connectivity index (χ0n) is 13.8. The Hall–Kier alpha value is -2.48. The lowest BCUT2D eigenvalue weighted by atomic mass is 9.94. The van der Waals surface area contributed by atoms with Gasteiger partial charge in [0.25, 0.3) is 5.91 Å². The molecule has 24 heavy (non-hydrogen) atoms. The second kappa shape index (κ2) is 7.39. The van der Waals surface area contributed by atoms with Crippen LogP contribution in [0, 0.1) is 5.92 Å². The van der Waals surface area contributed by atoms with Crippen LogP contribution in [-0.2, 0) is 4.79 Å². The Morgan fingerprint density at radius 3 is 2.33 bits per heavy atom. The molecule has 0 spiro atoms. The number of benzene rings is 1. The van der Waals surface area contributed by atoms with Crippen molar-refractivity contribution in [2.75, 3.05) is 34.4 Å². The highest BCUT2D eigenvalue weighted by Crippen LogP contribution is 2.40. The third kappa shape index (κ3) is 3.23. The van der Waals surface area contributed by atoms with E-state index in [9.17, 15) is 19.8 Å². The average Bonchev–Trinajstić information content (AvgIpc) is 2.59. The van der Waals surface area contributed by atoms with Crippen molar-refractivity contribution in [2.45, 2.75) is 12.5 Å². The van der Waals surface area contributed by atoms with Gasteiger partial charge in [0.15, 0.2) is 11.5 Å². The number of aliphatic hydroxyl groups excluding tert-OH is 1. The van der Waals surface area contributed by atoms with E-state index < -0.39 is 18.0 Å². The van der Waals surface area contributed by atoms with Crippen molar-refractivity contribution in [3.05, 3.63) is 17.7 Å². The molecule has 1 fully saturated rings. The molecule has 0 aromatic heterocycles. The summed E-state index contributed by atoms with van der Waals surface area (Å²) in [5, 5.41) is 19.0. The molecule has 2 rings (SSSR count). The van der Waals surface area contributed by atoms with E-state index in [2.05, 4.69) is 0 Å². The summed E-state index contributed by atoms with van der Waals surface area (Å²) in [4.78, 5) is 25.4. The number of aliphatic hydroxyl groups is 1. The maximum atomic E-state index is 12.8. The average molecular weight is 339 g/mol. The van der Waals surface area contributed by atoms with Gasteiger partial charge in [0, 0.05) is 13.1 Å². The topological polar surface area (TPSA) is 106 Å². The lowest BCUT2D eigenvalue weighted by Crippen LogP contribution is -2.48. The molecular weight excluding hydrogens is 318 g/mol. The number of carboxylic acids is 1. The van der Waals surface area contributed by atoms with E-state index >= 15 is 0 Å². The molecule has 0 radical (unpaired) electrons. The predicted molar refractivity (Wildman–Crippen MR) is 83.8 cm³/mol. The van der Waals surface area contributed by atoms with Gasteiger partial charge in [-0.15, -0.1) is 0 Å². The standard InChI is InChI=1S/C16H21NO7/c1-22-12-5-4-9(13(23-2)14(12)24-3)15(19)17-7-6-11(18)10(8-17)16(20)21/h4-5,10-11,18H,6-8H2,1-3H3,(H,20,21)/t10-,11-/m1/s1. The minimum atomic E-state index is -1.13. The number of hydrogen-bond acceptors (Lipinski definition) is 6. The van der Waals surface area contributed by atoms with Crippen molar-refractivity contribution in [3.8, 4) is 17.2 Å². The summed E-state index contributed by atoms with van der Waals surface area (Å²) in [6.07, 6.45) is -0.753. The summed E-state index contributed by atoms with van der Waals surface area (Å²) in [7, 11) is 4.32. The van der Waals surface area contributed by atoms with Gasteiger partial charge in [-0.05, 0) is 18.6 Å². The van der Waals surface area contributed by atoms with Crippen LogP contribution >= 0.6 is 0 Å². The largest absolute Gasteiger partial charge is 0.493 e. The number of ether oxygens (including phenoxy) is 3. The molecule has 0 saturated carbocycles. The molecule has 132 valence electrons. The molecule has 0 aliphatic carbocycles. The van der Waals surface area contributed by atoms with Crippen molar-refractivity contribution in [3.63, 3.8) is 0 Å². The molecule has 8 nitrogen and oxygen atoms in total. The first-order valence-corrected chi connectivity index (χ1v) is 7.43. The molecule has 1 aromatic carbocycles. The van der Waals surface area contributed by atoms with Crippen LogP contribution in [0.1, 0.15) is 16.8 Å². The van der Waals surface area contributed by atoms with E-state index in [1.54, 1.807) is 12.1 Å². The Bertz CT molecular complexity index is 631. The Morgan fingerprint density at radius 2 is 1.79 bits per heavy atom. The van der Waals surface area contributed by atoms with Gasteiger partial charge < -0.3 is 29.3 Å². The van der Waals surface area contributed by atoms with Crippen molar-refractivity contribution in [2.24, 2.45) is 5.92 Å². The Kier molecular flexibility index (Phi) is 5.50. The molecule has 1 aliphatic rings. The number of carbonyl (C=O) groups excluding carboxylic acids is 1. The van der Waals surface area contributed by atoms with Crippen LogP contribution in [0.25, 0.3) is 0 Å². The highest BCUT2D eigenvalue weighted by molar-refractivity contribution is 5.98. The summed E-state index contributed by atoms with van der Waals surface area (Å²) >= 11 is 0. The van der Waals surface area contributed by atoms with Crippen LogP contribution < -0.4 is 14.2 Å². The molecule has 1 aliphatic heterocycles. The van der Waals surface area contributed by atoms with Gasteiger partial charge in [-0.3, -0.25) is 9.59 Å². The zero-order chi connectivity index (χ0) is 17.9. The molecule has 0 unspecified atom stereocenters. The van der Waals surface area contributed by atoms with Gasteiger partial charge in [0.05, 0.1) is 33.0 Å². The SMILES string of the molecule is COc1ccc(C(=O)N2CC[C@@H](O)[C@H](C(=O)O)C2)c(OC)c1OC. The minimum Gasteiger partial charge on any atom is -0.493 e. The van der Waals surface area contributed by atoms with Gasteiger partial charge in [-0.2, -0.15) is 0 Å². The number of aliphatic carboxylic acids is 1. The van der Waals surface area contributed by atoms with E-state index in [-0.39, 0.29) is 42.5 Å². The fourth-order valence-corrected chi connectivity index (χ4v) is 2.81. The van der Waals surface area contributed by atoms with E-state index in [0.717, 1.165) is 0 Å². The van der Waals surface area contributed by atoms with Crippen LogP contribution in [0.2, 0.25) is 0 Å². The van der Waals surface area contributed by atoms with Crippen molar-refractivity contribution < 1.29 is 34.0 Å². The quantitative estimate of drug-likeness (QED) is 0.810. The summed E-state index contributed by atoms with van der Waals surface area (Å²) in [5.41, 5.74) is 0.246. The lowest BCUT2D eigenvalue weighted by molar-refractivity contribution is -0.148. The van der Waals surface area contributed by atoms with Crippen LogP contribution in [0.4, 0.5) is 0 Å². The number of rotatable bonds is 5. The summed E-state index contributed by atoms with van der Waals surface area (Å²) in [5.74, 6) is -1.58. The molecule has 1 saturated heterocycles. The van der Waals surface area contributed by atoms with Crippen molar-refractivity contribution in [1.82, 2.24) is 4.90 Å². The Labute approximate surface area is 139 Å². The third-order valence-electron chi connectivity index (χ3n) is 4.12. The zero-order valence-corrected chi connectivity index (χ0v) is 13.8. The summed E-state index contributed by atoms with van der Waals surface area (Å²) < 4.78 is 15.7. The molecule has 0 bridgehead atoms. The molecule has 1 amide bonds. The van der Waals surface area contributed by atoms with Gasteiger partial charge in [-0.25, -0.2) is 0 Å². The van der Waals surface area contributed by atoms with Crippen LogP contribution in [-0.4, -0.2) is 67.5 Å². The fraction of sp³-hybridized carbons (Fsp3) is 0.500. The maximum Gasteiger partial charge on any atom is 0.310 e. The van der Waals surface area contributed by atoms with Crippen LogP contribution in [0.3, 0.4) is 0 Å². The number of carboxylic acid groups (broad SMARTS) is 1. The number of likely N-dealkylation sites (tertiary alicyclic amines) is 1. The Morgan fingerprint density at radius 1 is 1.12 bits per heavy atom. The third-order valence-corrected chi connectivity index (χ3v) is 4.12. The van der Waals surface area contributed by atoms with Gasteiger partial charge in [0.2, 0.25) is 5.75 Å². The molecule has 2 N–H and O–H groups in total. The number of nitrogens with zero attached hydrogens (tertiary/aromatic N) is 1. The second-order valence-electron chi connectivity index (χ2n) is 5.43. The Balaban J connectivity index is 2.34. The summed E-state index contributed by atoms with van der Waals surface area (Å²) in [6.45, 7) is 0.202. The first-order chi connectivity index (χ1) is 11.4. The number of piperidine rings is 1. The van der Waals surface area contributed by atoms with Gasteiger partial charge >= 0.3 is 5.97 Å². The molecule has 8 heteroatoms. The van der Waals surface area contributed by atoms with E-state index in [1.807, 2.05) is 0 Å². The van der Waals surface area contributed by atoms with Crippen LogP contribution in [0.5, 0.6) is 17.2 Å². The predicted octanol–water partition coefficient (Wildman–Crippen LogP) is 0.620. The fourth-order valence-electron chi connectivity index (χ4n) is 2.81. The maximum absolute atomic E-state index is 12.8. The number of hydrogen-bond donors (Lipinski definition) is 2. The number of carbonyl (C=O) groups is 2.